The molecule has 2 rings (SSSR count). The third kappa shape index (κ3) is 4.77. The zero-order valence-electron chi connectivity index (χ0n) is 10.7. The van der Waals surface area contributed by atoms with Crippen LogP contribution in [0.25, 0.3) is 6.08 Å². The Morgan fingerprint density at radius 2 is 1.76 bits per heavy atom. The fraction of sp³-hybridized carbons (Fsp3) is 0. The number of hydrogen-bond donors (Lipinski definition) is 2. The van der Waals surface area contributed by atoms with Crippen LogP contribution in [0.15, 0.2) is 48.7 Å². The molecule has 2 amide bonds. The van der Waals surface area contributed by atoms with E-state index in [0.29, 0.717) is 21.3 Å². The summed E-state index contributed by atoms with van der Waals surface area (Å²) >= 11 is 11.6. The summed E-state index contributed by atoms with van der Waals surface area (Å²) in [6.07, 6.45) is 2.81. The van der Waals surface area contributed by atoms with Gasteiger partial charge in [0.1, 0.15) is 5.82 Å². The SMILES string of the molecule is O=C(N/C=C/c1ccccc1F)Nc1cc(Cl)cc(Cl)c1. The Kier molecular flexibility index (Phi) is 5.20. The minimum absolute atomic E-state index is 0.363. The van der Waals surface area contributed by atoms with Gasteiger partial charge in [-0.05, 0) is 30.3 Å². The number of nitrogens with one attached hydrogen (secondary N) is 2. The number of amides is 2. The van der Waals surface area contributed by atoms with E-state index >= 15 is 0 Å². The zero-order valence-corrected chi connectivity index (χ0v) is 12.3. The van der Waals surface area contributed by atoms with Crippen LogP contribution in [0.2, 0.25) is 10.0 Å². The van der Waals surface area contributed by atoms with Gasteiger partial charge in [0.2, 0.25) is 0 Å². The number of carbonyl (C=O) groups excluding carboxylic acids is 1. The monoisotopic (exact) mass is 324 g/mol. The van der Waals surface area contributed by atoms with E-state index in [0.717, 1.165) is 0 Å². The van der Waals surface area contributed by atoms with Crippen molar-refractivity contribution in [3.63, 3.8) is 0 Å². The van der Waals surface area contributed by atoms with Crippen LogP contribution in [0, 0.1) is 5.82 Å². The van der Waals surface area contributed by atoms with Crippen LogP contribution in [-0.2, 0) is 0 Å². The van der Waals surface area contributed by atoms with Gasteiger partial charge in [0.15, 0.2) is 0 Å². The van der Waals surface area contributed by atoms with Crippen molar-refractivity contribution in [1.82, 2.24) is 5.32 Å². The number of hydrogen-bond acceptors (Lipinski definition) is 1. The van der Waals surface area contributed by atoms with E-state index in [1.54, 1.807) is 36.4 Å². The van der Waals surface area contributed by atoms with Gasteiger partial charge >= 0.3 is 6.03 Å². The average Bonchev–Trinajstić information content (AvgIpc) is 2.39. The molecule has 0 saturated heterocycles. The van der Waals surface area contributed by atoms with Gasteiger partial charge in [-0.15, -0.1) is 0 Å². The Bertz CT molecular complexity index is 669. The maximum absolute atomic E-state index is 13.3. The van der Waals surface area contributed by atoms with E-state index in [9.17, 15) is 9.18 Å². The number of anilines is 1. The summed E-state index contributed by atoms with van der Waals surface area (Å²) in [5, 5.41) is 5.86. The van der Waals surface area contributed by atoms with E-state index in [2.05, 4.69) is 10.6 Å². The minimum Gasteiger partial charge on any atom is -0.314 e. The molecule has 0 aliphatic heterocycles. The van der Waals surface area contributed by atoms with Gasteiger partial charge in [-0.3, -0.25) is 0 Å². The first kappa shape index (κ1) is 15.4. The van der Waals surface area contributed by atoms with Gasteiger partial charge in [0.05, 0.1) is 0 Å². The van der Waals surface area contributed by atoms with Crippen molar-refractivity contribution in [3.8, 4) is 0 Å². The third-order valence-electron chi connectivity index (χ3n) is 2.50. The van der Waals surface area contributed by atoms with E-state index < -0.39 is 6.03 Å². The zero-order chi connectivity index (χ0) is 15.2. The van der Waals surface area contributed by atoms with Crippen LogP contribution in [-0.4, -0.2) is 6.03 Å². The van der Waals surface area contributed by atoms with Gasteiger partial charge in [0.25, 0.3) is 0 Å². The summed E-state index contributed by atoms with van der Waals surface area (Å²) < 4.78 is 13.3. The van der Waals surface area contributed by atoms with E-state index in [1.165, 1.54) is 18.3 Å². The average molecular weight is 325 g/mol. The van der Waals surface area contributed by atoms with E-state index in [-0.39, 0.29) is 5.82 Å². The lowest BCUT2D eigenvalue weighted by Crippen LogP contribution is -2.23. The molecule has 3 nitrogen and oxygen atoms in total. The lowest BCUT2D eigenvalue weighted by Gasteiger charge is -2.05. The van der Waals surface area contributed by atoms with Crippen LogP contribution in [0.4, 0.5) is 14.9 Å². The van der Waals surface area contributed by atoms with E-state index in [4.69, 9.17) is 23.2 Å². The molecule has 21 heavy (non-hydrogen) atoms. The Hall–Kier alpha value is -2.04. The molecule has 6 heteroatoms. The second kappa shape index (κ2) is 7.11. The normalized spacial score (nSPS) is 10.6. The number of urea groups is 1. The van der Waals surface area contributed by atoms with Crippen LogP contribution >= 0.6 is 23.2 Å². The first-order chi connectivity index (χ1) is 10.0. The molecule has 0 spiro atoms. The minimum atomic E-state index is -0.485. The fourth-order valence-corrected chi connectivity index (χ4v) is 2.14. The first-order valence-corrected chi connectivity index (χ1v) is 6.75. The highest BCUT2D eigenvalue weighted by molar-refractivity contribution is 6.35. The van der Waals surface area contributed by atoms with Crippen molar-refractivity contribution in [2.24, 2.45) is 0 Å². The lowest BCUT2D eigenvalue weighted by atomic mass is 10.2. The molecule has 2 aromatic carbocycles. The van der Waals surface area contributed by atoms with Crippen LogP contribution in [0.5, 0.6) is 0 Å². The Morgan fingerprint density at radius 1 is 1.10 bits per heavy atom. The summed E-state index contributed by atoms with van der Waals surface area (Å²) in [5.41, 5.74) is 0.841. The quantitative estimate of drug-likeness (QED) is 0.826. The number of halogens is 3. The molecule has 0 aliphatic rings. The van der Waals surface area contributed by atoms with Crippen LogP contribution in [0.1, 0.15) is 5.56 Å². The summed E-state index contributed by atoms with van der Waals surface area (Å²) in [4.78, 5) is 11.7. The van der Waals surface area contributed by atoms with Crippen molar-refractivity contribution >= 4 is 41.0 Å². The molecule has 0 atom stereocenters. The molecule has 0 bridgehead atoms. The van der Waals surface area contributed by atoms with Crippen molar-refractivity contribution in [2.75, 3.05) is 5.32 Å². The predicted octanol–water partition coefficient (Wildman–Crippen LogP) is 4.92. The second-order valence-electron chi connectivity index (χ2n) is 4.11. The highest BCUT2D eigenvalue weighted by Crippen LogP contribution is 2.22. The number of benzene rings is 2. The van der Waals surface area contributed by atoms with Crippen molar-refractivity contribution < 1.29 is 9.18 Å². The molecular weight excluding hydrogens is 314 g/mol. The Morgan fingerprint density at radius 3 is 2.43 bits per heavy atom. The van der Waals surface area contributed by atoms with Crippen LogP contribution < -0.4 is 10.6 Å². The van der Waals surface area contributed by atoms with E-state index in [1.807, 2.05) is 0 Å². The molecular formula is C15H11Cl2FN2O. The number of rotatable bonds is 3. The highest BCUT2D eigenvalue weighted by Gasteiger charge is 2.02. The molecule has 2 N–H and O–H groups in total. The van der Waals surface area contributed by atoms with Gasteiger partial charge in [0, 0.05) is 27.5 Å². The van der Waals surface area contributed by atoms with Crippen LogP contribution in [0.3, 0.4) is 0 Å². The maximum atomic E-state index is 13.3. The fourth-order valence-electron chi connectivity index (χ4n) is 1.61. The first-order valence-electron chi connectivity index (χ1n) is 5.99. The highest BCUT2D eigenvalue weighted by atomic mass is 35.5. The molecule has 0 fully saturated rings. The van der Waals surface area contributed by atoms with Crippen molar-refractivity contribution in [3.05, 3.63) is 70.1 Å². The summed E-state index contributed by atoms with van der Waals surface area (Å²) in [6.45, 7) is 0. The molecule has 0 radical (unpaired) electrons. The molecule has 0 saturated carbocycles. The van der Waals surface area contributed by atoms with Gasteiger partial charge in [-0.1, -0.05) is 41.4 Å². The summed E-state index contributed by atoms with van der Waals surface area (Å²) in [7, 11) is 0. The molecule has 0 aliphatic carbocycles. The Balaban J connectivity index is 1.95. The second-order valence-corrected chi connectivity index (χ2v) is 4.98. The van der Waals surface area contributed by atoms with Gasteiger partial charge in [-0.25, -0.2) is 9.18 Å². The van der Waals surface area contributed by atoms with Gasteiger partial charge in [-0.2, -0.15) is 0 Å². The lowest BCUT2D eigenvalue weighted by molar-refractivity contribution is 0.255. The number of carbonyl (C=O) groups is 1. The smallest absolute Gasteiger partial charge is 0.314 e. The largest absolute Gasteiger partial charge is 0.323 e. The summed E-state index contributed by atoms with van der Waals surface area (Å²) in [6, 6.07) is 10.4. The topological polar surface area (TPSA) is 41.1 Å². The molecule has 0 heterocycles. The molecule has 108 valence electrons. The standard InChI is InChI=1S/C15H11Cl2FN2O/c16-11-7-12(17)9-13(8-11)20-15(21)19-6-5-10-3-1-2-4-14(10)18/h1-9H,(H2,19,20,21)/b6-5+. The van der Waals surface area contributed by atoms with Crippen molar-refractivity contribution in [2.45, 2.75) is 0 Å². The predicted molar refractivity (Wildman–Crippen MR) is 84.1 cm³/mol. The molecule has 2 aromatic rings. The van der Waals surface area contributed by atoms with Crippen molar-refractivity contribution in [1.29, 1.82) is 0 Å². The molecule has 0 aromatic heterocycles. The third-order valence-corrected chi connectivity index (χ3v) is 2.94. The Labute approximate surface area is 131 Å². The molecule has 0 unspecified atom stereocenters. The maximum Gasteiger partial charge on any atom is 0.323 e. The summed E-state index contributed by atoms with van der Waals surface area (Å²) in [5.74, 6) is -0.363. The van der Waals surface area contributed by atoms with Gasteiger partial charge < -0.3 is 10.6 Å².